The number of hydrogen-bond donors (Lipinski definition) is 1. The summed E-state index contributed by atoms with van der Waals surface area (Å²) in [6.07, 6.45) is 3.88. The molecule has 0 aliphatic carbocycles. The van der Waals surface area contributed by atoms with E-state index in [1.54, 1.807) is 22.5 Å². The number of sulfonamides is 1. The number of carbonyl (C=O) groups excluding carboxylic acids is 1. The van der Waals surface area contributed by atoms with Gasteiger partial charge in [0.2, 0.25) is 10.0 Å². The normalized spacial score (nSPS) is 16.7. The topological polar surface area (TPSA) is 66.5 Å². The lowest BCUT2D eigenvalue weighted by atomic mass is 9.96. The lowest BCUT2D eigenvalue weighted by Crippen LogP contribution is -2.32. The van der Waals surface area contributed by atoms with Gasteiger partial charge in [0.25, 0.3) is 5.91 Å². The molecule has 1 N–H and O–H groups in total. The molecule has 1 fully saturated rings. The Kier molecular flexibility index (Phi) is 6.98. The first-order valence-corrected chi connectivity index (χ1v) is 12.1. The van der Waals surface area contributed by atoms with Crippen molar-refractivity contribution in [1.29, 1.82) is 0 Å². The second-order valence-corrected chi connectivity index (χ2v) is 10.3. The van der Waals surface area contributed by atoms with Crippen molar-refractivity contribution in [2.24, 2.45) is 0 Å². The standard InChI is InChI=1S/C24H32N2O3S/c1-17-14-19(3)23(15-18(17)2)20(4)25-24(27)21-10-9-11-22(16-21)30(28,29)26-12-7-5-6-8-13-26/h9-11,14-16,20H,5-8,12-13H2,1-4H3,(H,25,27). The van der Waals surface area contributed by atoms with Crippen molar-refractivity contribution in [2.75, 3.05) is 13.1 Å². The van der Waals surface area contributed by atoms with Gasteiger partial charge in [-0.25, -0.2) is 8.42 Å². The van der Waals surface area contributed by atoms with Crippen molar-refractivity contribution in [1.82, 2.24) is 9.62 Å². The Balaban J connectivity index is 1.80. The lowest BCUT2D eigenvalue weighted by Gasteiger charge is -2.21. The number of carbonyl (C=O) groups is 1. The summed E-state index contributed by atoms with van der Waals surface area (Å²) in [7, 11) is -3.59. The van der Waals surface area contributed by atoms with E-state index in [0.717, 1.165) is 36.8 Å². The highest BCUT2D eigenvalue weighted by Gasteiger charge is 2.26. The molecule has 1 atom stereocenters. The molecule has 3 rings (SSSR count). The highest BCUT2D eigenvalue weighted by molar-refractivity contribution is 7.89. The Morgan fingerprint density at radius 2 is 1.57 bits per heavy atom. The molecule has 1 heterocycles. The molecule has 162 valence electrons. The average Bonchev–Trinajstić information content (AvgIpc) is 3.01. The Morgan fingerprint density at radius 3 is 2.23 bits per heavy atom. The van der Waals surface area contributed by atoms with Gasteiger partial charge in [-0.1, -0.05) is 31.0 Å². The highest BCUT2D eigenvalue weighted by atomic mass is 32.2. The maximum atomic E-state index is 13.1. The molecule has 0 saturated carbocycles. The monoisotopic (exact) mass is 428 g/mol. The van der Waals surface area contributed by atoms with Crippen molar-refractivity contribution in [3.8, 4) is 0 Å². The first-order valence-electron chi connectivity index (χ1n) is 10.7. The van der Waals surface area contributed by atoms with E-state index in [1.165, 1.54) is 17.2 Å². The number of aryl methyl sites for hydroxylation is 3. The van der Waals surface area contributed by atoms with Crippen molar-refractivity contribution in [2.45, 2.75) is 64.3 Å². The van der Waals surface area contributed by atoms with E-state index in [2.05, 4.69) is 31.3 Å². The van der Waals surface area contributed by atoms with Crippen LogP contribution in [0.15, 0.2) is 41.3 Å². The first-order chi connectivity index (χ1) is 14.2. The van der Waals surface area contributed by atoms with E-state index in [1.807, 2.05) is 13.8 Å². The van der Waals surface area contributed by atoms with E-state index in [-0.39, 0.29) is 16.8 Å². The van der Waals surface area contributed by atoms with Crippen LogP contribution < -0.4 is 5.32 Å². The molecule has 0 radical (unpaired) electrons. The molecule has 1 amide bonds. The van der Waals surface area contributed by atoms with E-state index >= 15 is 0 Å². The Hall–Kier alpha value is -2.18. The molecule has 0 spiro atoms. The molecule has 1 aliphatic heterocycles. The van der Waals surface area contributed by atoms with Crippen molar-refractivity contribution < 1.29 is 13.2 Å². The third kappa shape index (κ3) is 4.93. The maximum absolute atomic E-state index is 13.1. The summed E-state index contributed by atoms with van der Waals surface area (Å²) >= 11 is 0. The van der Waals surface area contributed by atoms with Gasteiger partial charge in [0.05, 0.1) is 10.9 Å². The summed E-state index contributed by atoms with van der Waals surface area (Å²) < 4.78 is 27.7. The second-order valence-electron chi connectivity index (χ2n) is 8.33. The van der Waals surface area contributed by atoms with E-state index < -0.39 is 10.0 Å². The second kappa shape index (κ2) is 9.31. The number of benzene rings is 2. The Bertz CT molecular complexity index is 1020. The van der Waals surface area contributed by atoms with Crippen LogP contribution in [0.3, 0.4) is 0 Å². The van der Waals surface area contributed by atoms with Crippen LogP contribution in [0.2, 0.25) is 0 Å². The molecular weight excluding hydrogens is 396 g/mol. The number of nitrogens with zero attached hydrogens (tertiary/aromatic N) is 1. The minimum absolute atomic E-state index is 0.178. The van der Waals surface area contributed by atoms with Gasteiger partial charge in [-0.05, 0) is 81.0 Å². The van der Waals surface area contributed by atoms with Gasteiger partial charge in [-0.3, -0.25) is 4.79 Å². The van der Waals surface area contributed by atoms with Crippen molar-refractivity contribution >= 4 is 15.9 Å². The summed E-state index contributed by atoms with van der Waals surface area (Å²) in [5.74, 6) is -0.270. The SMILES string of the molecule is Cc1cc(C)c(C(C)NC(=O)c2cccc(S(=O)(=O)N3CCCCCC3)c2)cc1C. The molecule has 2 aromatic carbocycles. The fraction of sp³-hybridized carbons (Fsp3) is 0.458. The fourth-order valence-corrected chi connectivity index (χ4v) is 5.60. The molecular formula is C24H32N2O3S. The molecule has 1 unspecified atom stereocenters. The van der Waals surface area contributed by atoms with E-state index in [9.17, 15) is 13.2 Å². The third-order valence-electron chi connectivity index (χ3n) is 6.00. The van der Waals surface area contributed by atoms with Crippen LogP contribution in [-0.2, 0) is 10.0 Å². The zero-order valence-electron chi connectivity index (χ0n) is 18.4. The van der Waals surface area contributed by atoms with Crippen LogP contribution in [0.4, 0.5) is 0 Å². The molecule has 2 aromatic rings. The number of nitrogens with one attached hydrogen (secondary N) is 1. The van der Waals surface area contributed by atoms with Crippen LogP contribution in [0.25, 0.3) is 0 Å². The molecule has 0 aromatic heterocycles. The molecule has 5 nitrogen and oxygen atoms in total. The molecule has 6 heteroatoms. The van der Waals surface area contributed by atoms with Crippen molar-refractivity contribution in [3.05, 3.63) is 64.2 Å². The van der Waals surface area contributed by atoms with Gasteiger partial charge in [0.15, 0.2) is 0 Å². The minimum Gasteiger partial charge on any atom is -0.346 e. The molecule has 30 heavy (non-hydrogen) atoms. The minimum atomic E-state index is -3.59. The van der Waals surface area contributed by atoms with Crippen LogP contribution in [0.1, 0.15) is 71.3 Å². The van der Waals surface area contributed by atoms with Crippen molar-refractivity contribution in [3.63, 3.8) is 0 Å². The summed E-state index contributed by atoms with van der Waals surface area (Å²) in [6, 6.07) is 10.4. The summed E-state index contributed by atoms with van der Waals surface area (Å²) in [6.45, 7) is 9.21. The molecule has 1 saturated heterocycles. The van der Waals surface area contributed by atoms with Gasteiger partial charge in [0.1, 0.15) is 0 Å². The lowest BCUT2D eigenvalue weighted by molar-refractivity contribution is 0.0939. The van der Waals surface area contributed by atoms with Gasteiger partial charge in [-0.2, -0.15) is 4.31 Å². The average molecular weight is 429 g/mol. The quantitative estimate of drug-likeness (QED) is 0.753. The predicted octanol–water partition coefficient (Wildman–Crippen LogP) is 4.67. The Labute approximate surface area is 180 Å². The van der Waals surface area contributed by atoms with Crippen LogP contribution in [0, 0.1) is 20.8 Å². The largest absolute Gasteiger partial charge is 0.346 e. The van der Waals surface area contributed by atoms with Crippen LogP contribution >= 0.6 is 0 Å². The van der Waals surface area contributed by atoms with Gasteiger partial charge in [-0.15, -0.1) is 0 Å². The van der Waals surface area contributed by atoms with Crippen LogP contribution in [0.5, 0.6) is 0 Å². The molecule has 0 bridgehead atoms. The number of amides is 1. The van der Waals surface area contributed by atoms with Crippen LogP contribution in [-0.4, -0.2) is 31.7 Å². The van der Waals surface area contributed by atoms with E-state index in [4.69, 9.17) is 0 Å². The first kappa shape index (κ1) is 22.5. The summed E-state index contributed by atoms with van der Waals surface area (Å²) in [5.41, 5.74) is 4.96. The van der Waals surface area contributed by atoms with E-state index in [0.29, 0.717) is 18.7 Å². The summed E-state index contributed by atoms with van der Waals surface area (Å²) in [5, 5.41) is 3.02. The zero-order valence-corrected chi connectivity index (χ0v) is 19.2. The van der Waals surface area contributed by atoms with Gasteiger partial charge in [0, 0.05) is 18.7 Å². The zero-order chi connectivity index (χ0) is 21.9. The van der Waals surface area contributed by atoms with Gasteiger partial charge >= 0.3 is 0 Å². The molecule has 1 aliphatic rings. The van der Waals surface area contributed by atoms with Gasteiger partial charge < -0.3 is 5.32 Å². The predicted molar refractivity (Wildman–Crippen MR) is 120 cm³/mol. The summed E-state index contributed by atoms with van der Waals surface area (Å²) in [4.78, 5) is 13.1. The number of hydrogen-bond acceptors (Lipinski definition) is 3. The fourth-order valence-electron chi connectivity index (χ4n) is 4.04. The Morgan fingerprint density at radius 1 is 0.933 bits per heavy atom. The number of rotatable bonds is 5. The highest BCUT2D eigenvalue weighted by Crippen LogP contribution is 2.24. The third-order valence-corrected chi connectivity index (χ3v) is 7.89. The smallest absolute Gasteiger partial charge is 0.251 e. The maximum Gasteiger partial charge on any atom is 0.251 e.